The first-order valence-corrected chi connectivity index (χ1v) is 21.2. The van der Waals surface area contributed by atoms with Crippen LogP contribution < -0.4 is 15.4 Å². The molecule has 18 nitrogen and oxygen atoms in total. The molecule has 3 atom stereocenters. The van der Waals surface area contributed by atoms with Gasteiger partial charge in [-0.2, -0.15) is 0 Å². The summed E-state index contributed by atoms with van der Waals surface area (Å²) in [5, 5.41) is 14.6. The molecule has 4 rings (SSSR count). The number of anilines is 1. The van der Waals surface area contributed by atoms with Crippen molar-refractivity contribution in [2.24, 2.45) is 0 Å². The van der Waals surface area contributed by atoms with Crippen molar-refractivity contribution in [2.45, 2.75) is 82.5 Å². The van der Waals surface area contributed by atoms with E-state index in [0.29, 0.717) is 16.5 Å². The minimum atomic E-state index is -4.65. The van der Waals surface area contributed by atoms with E-state index in [2.05, 4.69) is 10.6 Å². The maximum atomic E-state index is 14.2. The van der Waals surface area contributed by atoms with Gasteiger partial charge in [0, 0.05) is 11.3 Å². The van der Waals surface area contributed by atoms with Gasteiger partial charge < -0.3 is 25.4 Å². The minimum absolute atomic E-state index is 0.0607. The number of β-lactam (4-membered cyclic amide) rings is 1. The fraction of sp³-hybridized carbons (Fsp3) is 0.594. The molecule has 0 radical (unpaired) electrons. The second-order valence-corrected chi connectivity index (χ2v) is 18.2. The average molecular weight is 808 g/mol. The predicted molar refractivity (Wildman–Crippen MR) is 193 cm³/mol. The summed E-state index contributed by atoms with van der Waals surface area (Å²) in [5.41, 5.74) is 0.429. The number of carboxylic acids is 1. The number of amides is 2. The van der Waals surface area contributed by atoms with Crippen LogP contribution in [-0.4, -0.2) is 95.0 Å². The van der Waals surface area contributed by atoms with Gasteiger partial charge >= 0.3 is 21.2 Å². The maximum absolute atomic E-state index is 14.2. The Morgan fingerprint density at radius 2 is 1.45 bits per heavy atom. The van der Waals surface area contributed by atoms with Crippen LogP contribution in [0.1, 0.15) is 65.2 Å². The first-order chi connectivity index (χ1) is 25.2. The molecular formula is C32H47N3O15P2S. The fourth-order valence-electron chi connectivity index (χ4n) is 5.89. The summed E-state index contributed by atoms with van der Waals surface area (Å²) in [7, 11) is -9.30. The van der Waals surface area contributed by atoms with E-state index in [4.69, 9.17) is 43.0 Å². The number of aliphatic carboxylic acids is 1. The third kappa shape index (κ3) is 9.36. The molecule has 2 saturated heterocycles. The van der Waals surface area contributed by atoms with Crippen molar-refractivity contribution < 1.29 is 71.6 Å². The van der Waals surface area contributed by atoms with Gasteiger partial charge in [0.25, 0.3) is 5.91 Å². The fourth-order valence-corrected chi connectivity index (χ4v) is 11.7. The van der Waals surface area contributed by atoms with Gasteiger partial charge in [-0.05, 0) is 71.7 Å². The van der Waals surface area contributed by atoms with Crippen molar-refractivity contribution in [1.82, 2.24) is 10.2 Å². The first-order valence-electron chi connectivity index (χ1n) is 17.1. The highest BCUT2D eigenvalue weighted by molar-refractivity contribution is 8.01. The molecule has 53 heavy (non-hydrogen) atoms. The van der Waals surface area contributed by atoms with E-state index in [-0.39, 0.29) is 57.3 Å². The van der Waals surface area contributed by atoms with Gasteiger partial charge in [-0.15, -0.1) is 30.5 Å². The number of fused-ring (bicyclic) bond motifs is 2. The molecule has 2 heterocycles. The molecule has 3 N–H and O–H groups in total. The van der Waals surface area contributed by atoms with E-state index in [0.717, 1.165) is 0 Å². The largest absolute Gasteiger partial charge is 0.491 e. The standard InChI is InChI=1S/C32H47N3O15P2S/c1-8-42-26-22(33-18-17-23(51(40,47-43-9-2)48-44-10-3)52(41,49-45-11-4)50-46-12-5)19-20-15-13-14-16-21(20)24(26)28(36)34-25-29(37)35-27(31(38)39)32(6,7)53-30(25)35/h13-16,19,23,25,27,30,33H,8-12,17-18H2,1-7H3,(H,34,36)(H,38,39). The Balaban J connectivity index is 1.69. The van der Waals surface area contributed by atoms with Gasteiger partial charge in [0.15, 0.2) is 11.1 Å². The Morgan fingerprint density at radius 3 is 1.96 bits per heavy atom. The Hall–Kier alpha value is -2.80. The number of carbonyl (C=O) groups is 3. The van der Waals surface area contributed by atoms with Gasteiger partial charge in [-0.25, -0.2) is 24.3 Å². The zero-order chi connectivity index (χ0) is 39.0. The summed E-state index contributed by atoms with van der Waals surface area (Å²) in [5.74, 6) is -2.12. The molecule has 2 fully saturated rings. The van der Waals surface area contributed by atoms with Gasteiger partial charge in [0.2, 0.25) is 5.91 Å². The second-order valence-electron chi connectivity index (χ2n) is 12.0. The van der Waals surface area contributed by atoms with Gasteiger partial charge in [-0.1, -0.05) is 24.3 Å². The summed E-state index contributed by atoms with van der Waals surface area (Å²) >= 11 is 1.30. The number of thioether (sulfide) groups is 1. The van der Waals surface area contributed by atoms with Crippen LogP contribution in [0.3, 0.4) is 0 Å². The maximum Gasteiger partial charge on any atom is 0.399 e. The number of hydrogen-bond donors (Lipinski definition) is 3. The molecule has 0 aromatic heterocycles. The van der Waals surface area contributed by atoms with E-state index < -0.39 is 60.6 Å². The van der Waals surface area contributed by atoms with Crippen LogP contribution in [0.5, 0.6) is 5.75 Å². The van der Waals surface area contributed by atoms with Crippen LogP contribution in [0.25, 0.3) is 10.8 Å². The van der Waals surface area contributed by atoms with Crippen LogP contribution in [0.2, 0.25) is 0 Å². The number of carboxylic acid groups (broad SMARTS) is 1. The normalized spacial score (nSPS) is 19.7. The smallest absolute Gasteiger partial charge is 0.399 e. The molecule has 21 heteroatoms. The van der Waals surface area contributed by atoms with Crippen LogP contribution in [-0.2, 0) is 57.0 Å². The molecule has 0 spiro atoms. The highest BCUT2D eigenvalue weighted by atomic mass is 32.2. The van der Waals surface area contributed by atoms with Crippen molar-refractivity contribution in [3.05, 3.63) is 35.9 Å². The number of nitrogens with zero attached hydrogens (tertiary/aromatic N) is 1. The molecule has 0 bridgehead atoms. The number of carbonyl (C=O) groups excluding carboxylic acids is 2. The van der Waals surface area contributed by atoms with Crippen LogP contribution >= 0.6 is 27.0 Å². The van der Waals surface area contributed by atoms with Crippen molar-refractivity contribution in [2.75, 3.05) is 44.9 Å². The van der Waals surface area contributed by atoms with Gasteiger partial charge in [0.05, 0.1) is 44.3 Å². The monoisotopic (exact) mass is 807 g/mol. The lowest BCUT2D eigenvalue weighted by Crippen LogP contribution is -2.70. The number of hydrogen-bond acceptors (Lipinski definition) is 16. The summed E-state index contributed by atoms with van der Waals surface area (Å²) < 4.78 is 54.2. The zero-order valence-electron chi connectivity index (χ0n) is 30.6. The minimum Gasteiger partial charge on any atom is -0.491 e. The van der Waals surface area contributed by atoms with Crippen LogP contribution in [0.15, 0.2) is 30.3 Å². The number of nitrogens with one attached hydrogen (secondary N) is 2. The molecule has 0 aliphatic carbocycles. The molecule has 0 saturated carbocycles. The molecule has 2 amide bonds. The number of benzene rings is 2. The molecular weight excluding hydrogens is 760 g/mol. The lowest BCUT2D eigenvalue weighted by molar-refractivity contribution is -0.272. The molecule has 2 aliphatic heterocycles. The summed E-state index contributed by atoms with van der Waals surface area (Å²) in [6, 6.07) is 6.74. The highest BCUT2D eigenvalue weighted by Gasteiger charge is 2.64. The van der Waals surface area contributed by atoms with Gasteiger partial charge in [-0.3, -0.25) is 18.7 Å². The Labute approximate surface area is 311 Å². The van der Waals surface area contributed by atoms with Crippen LogP contribution in [0.4, 0.5) is 5.69 Å². The summed E-state index contributed by atoms with van der Waals surface area (Å²) in [4.78, 5) is 60.6. The Kier molecular flexibility index (Phi) is 15.1. The quantitative estimate of drug-likeness (QED) is 0.0518. The molecule has 3 unspecified atom stereocenters. The molecule has 296 valence electrons. The van der Waals surface area contributed by atoms with Crippen molar-refractivity contribution in [1.29, 1.82) is 0 Å². The number of ether oxygens (including phenoxy) is 1. The zero-order valence-corrected chi connectivity index (χ0v) is 33.2. The lowest BCUT2D eigenvalue weighted by atomic mass is 9.95. The summed E-state index contributed by atoms with van der Waals surface area (Å²) in [6.07, 6.45) is -0.319. The Bertz CT molecular complexity index is 1660. The van der Waals surface area contributed by atoms with Crippen LogP contribution in [0, 0.1) is 0 Å². The van der Waals surface area contributed by atoms with E-state index in [1.165, 1.54) is 16.7 Å². The van der Waals surface area contributed by atoms with Crippen molar-refractivity contribution in [3.63, 3.8) is 0 Å². The van der Waals surface area contributed by atoms with E-state index in [1.807, 2.05) is 0 Å². The average Bonchev–Trinajstić information content (AvgIpc) is 3.39. The first kappa shape index (κ1) is 42.9. The van der Waals surface area contributed by atoms with E-state index in [9.17, 15) is 28.6 Å². The highest BCUT2D eigenvalue weighted by Crippen LogP contribution is 2.72. The van der Waals surface area contributed by atoms with E-state index >= 15 is 0 Å². The number of rotatable bonds is 23. The predicted octanol–water partition coefficient (Wildman–Crippen LogP) is 5.87. The van der Waals surface area contributed by atoms with Crippen molar-refractivity contribution in [3.8, 4) is 5.75 Å². The Morgan fingerprint density at radius 1 is 0.906 bits per heavy atom. The molecule has 2 aromatic carbocycles. The summed E-state index contributed by atoms with van der Waals surface area (Å²) in [6.45, 7) is 11.2. The second kappa shape index (κ2) is 18.7. The van der Waals surface area contributed by atoms with Gasteiger partial charge in [0.1, 0.15) is 17.5 Å². The molecule has 2 aromatic rings. The topological polar surface area (TPSA) is 216 Å². The third-order valence-corrected chi connectivity index (χ3v) is 14.5. The SMILES string of the molecule is CCOOP(=O)(OOCC)C(CCNc1cc2ccccc2c(C(=O)NC2C(=O)N3C2SC(C)(C)C3C(=O)O)c1OCC)P(=O)(OOCC)OOCC. The third-order valence-electron chi connectivity index (χ3n) is 8.02. The molecule has 2 aliphatic rings. The van der Waals surface area contributed by atoms with Crippen molar-refractivity contribution >= 4 is 61.2 Å². The lowest BCUT2D eigenvalue weighted by Gasteiger charge is -2.43. The van der Waals surface area contributed by atoms with E-state index in [1.54, 1.807) is 78.8 Å².